The van der Waals surface area contributed by atoms with Crippen molar-refractivity contribution in [2.24, 2.45) is 0 Å². The van der Waals surface area contributed by atoms with Gasteiger partial charge in [-0.2, -0.15) is 0 Å². The lowest BCUT2D eigenvalue weighted by atomic mass is 10.1. The van der Waals surface area contributed by atoms with E-state index in [0.29, 0.717) is 5.82 Å². The van der Waals surface area contributed by atoms with Crippen molar-refractivity contribution in [1.29, 1.82) is 0 Å². The number of nitrogens with zero attached hydrogens (tertiary/aromatic N) is 4. The van der Waals surface area contributed by atoms with Gasteiger partial charge in [0.1, 0.15) is 11.3 Å². The molecule has 0 atom stereocenters. The first kappa shape index (κ1) is 14.2. The van der Waals surface area contributed by atoms with Crippen molar-refractivity contribution in [3.05, 3.63) is 66.0 Å². The van der Waals surface area contributed by atoms with E-state index in [2.05, 4.69) is 32.7 Å². The van der Waals surface area contributed by atoms with E-state index < -0.39 is 0 Å². The molecule has 0 saturated carbocycles. The summed E-state index contributed by atoms with van der Waals surface area (Å²) in [5.41, 5.74) is 12.6. The van der Waals surface area contributed by atoms with Gasteiger partial charge in [-0.1, -0.05) is 6.07 Å². The summed E-state index contributed by atoms with van der Waals surface area (Å²) in [6.45, 7) is 0. The number of benzene rings is 1. The summed E-state index contributed by atoms with van der Waals surface area (Å²) in [5.74, 6) is 1.25. The van der Waals surface area contributed by atoms with Crippen LogP contribution in [0.4, 0.5) is 5.82 Å². The van der Waals surface area contributed by atoms with Crippen LogP contribution in [0.25, 0.3) is 28.2 Å². The summed E-state index contributed by atoms with van der Waals surface area (Å²) >= 11 is 0. The summed E-state index contributed by atoms with van der Waals surface area (Å²) in [7, 11) is 0. The molecule has 25 heavy (non-hydrogen) atoms. The van der Waals surface area contributed by atoms with E-state index >= 15 is 0 Å². The molecule has 0 radical (unpaired) electrons. The third-order valence-corrected chi connectivity index (χ3v) is 4.84. The maximum absolute atomic E-state index is 6.13. The average molecular weight is 327 g/mol. The fourth-order valence-electron chi connectivity index (χ4n) is 3.64. The highest BCUT2D eigenvalue weighted by atomic mass is 15.1. The highest BCUT2D eigenvalue weighted by Crippen LogP contribution is 2.32. The molecular weight excluding hydrogens is 310 g/mol. The fourth-order valence-corrected chi connectivity index (χ4v) is 3.64. The smallest absolute Gasteiger partial charge is 0.164 e. The Labute approximate surface area is 145 Å². The third-order valence-electron chi connectivity index (χ3n) is 4.84. The zero-order valence-corrected chi connectivity index (χ0v) is 13.7. The first-order chi connectivity index (χ1) is 12.3. The second kappa shape index (κ2) is 5.41. The molecule has 5 nitrogen and oxygen atoms in total. The lowest BCUT2D eigenvalue weighted by Gasteiger charge is -2.11. The first-order valence-electron chi connectivity index (χ1n) is 8.48. The Morgan fingerprint density at radius 3 is 2.68 bits per heavy atom. The second-order valence-corrected chi connectivity index (χ2v) is 6.36. The molecule has 3 aromatic heterocycles. The predicted octanol–water partition coefficient (Wildman–Crippen LogP) is 3.55. The van der Waals surface area contributed by atoms with Gasteiger partial charge in [-0.15, -0.1) is 0 Å². The Morgan fingerprint density at radius 2 is 1.76 bits per heavy atom. The summed E-state index contributed by atoms with van der Waals surface area (Å²) in [6.07, 6.45) is 7.02. The molecule has 2 N–H and O–H groups in total. The van der Waals surface area contributed by atoms with Crippen molar-refractivity contribution in [3.63, 3.8) is 0 Å². The predicted molar refractivity (Wildman–Crippen MR) is 98.5 cm³/mol. The van der Waals surface area contributed by atoms with Crippen LogP contribution < -0.4 is 5.73 Å². The Balaban J connectivity index is 1.82. The molecule has 0 fully saturated rings. The molecule has 0 saturated heterocycles. The molecule has 3 heterocycles. The van der Waals surface area contributed by atoms with Crippen LogP contribution in [-0.4, -0.2) is 19.5 Å². The third kappa shape index (κ3) is 2.20. The van der Waals surface area contributed by atoms with Gasteiger partial charge in [0.25, 0.3) is 0 Å². The Hall–Kier alpha value is -3.21. The summed E-state index contributed by atoms with van der Waals surface area (Å²) in [6, 6.07) is 14.3. The quantitative estimate of drug-likeness (QED) is 0.611. The van der Waals surface area contributed by atoms with E-state index in [0.717, 1.165) is 34.7 Å². The van der Waals surface area contributed by atoms with Gasteiger partial charge in [-0.25, -0.2) is 15.0 Å². The first-order valence-corrected chi connectivity index (χ1v) is 8.48. The monoisotopic (exact) mass is 327 g/mol. The number of rotatable bonds is 2. The zero-order valence-electron chi connectivity index (χ0n) is 13.7. The highest BCUT2D eigenvalue weighted by Gasteiger charge is 2.19. The number of hydrogen-bond acceptors (Lipinski definition) is 4. The van der Waals surface area contributed by atoms with E-state index in [1.54, 1.807) is 12.4 Å². The standard InChI is InChI=1S/C20H17N5/c21-18-16(6-2-10-22-18)19-24-17-7-3-11-23-20(17)25(19)15-9-8-13-4-1-5-14(13)12-15/h2-3,6-12H,1,4-5H2,(H2,21,22). The molecule has 1 aromatic carbocycles. The topological polar surface area (TPSA) is 69.6 Å². The fraction of sp³-hybridized carbons (Fsp3) is 0.150. The number of pyridine rings is 2. The van der Waals surface area contributed by atoms with Crippen molar-refractivity contribution >= 4 is 17.0 Å². The highest BCUT2D eigenvalue weighted by molar-refractivity contribution is 5.82. The maximum atomic E-state index is 6.13. The SMILES string of the molecule is Nc1ncccc1-c1nc2cccnc2n1-c1ccc2c(c1)CCC2. The average Bonchev–Trinajstić information content (AvgIpc) is 3.25. The van der Waals surface area contributed by atoms with Crippen LogP contribution in [0, 0.1) is 0 Å². The van der Waals surface area contributed by atoms with Crippen LogP contribution in [0.3, 0.4) is 0 Å². The summed E-state index contributed by atoms with van der Waals surface area (Å²) in [5, 5.41) is 0. The molecular formula is C20H17N5. The largest absolute Gasteiger partial charge is 0.383 e. The Bertz CT molecular complexity index is 1100. The number of imidazole rings is 1. The lowest BCUT2D eigenvalue weighted by molar-refractivity contribution is 0.911. The van der Waals surface area contributed by atoms with E-state index in [-0.39, 0.29) is 0 Å². The van der Waals surface area contributed by atoms with Crippen LogP contribution in [0.2, 0.25) is 0 Å². The van der Waals surface area contributed by atoms with Gasteiger partial charge in [-0.05, 0) is 66.8 Å². The van der Waals surface area contributed by atoms with Gasteiger partial charge in [0.15, 0.2) is 11.5 Å². The van der Waals surface area contributed by atoms with Gasteiger partial charge in [0.05, 0.1) is 5.56 Å². The minimum Gasteiger partial charge on any atom is -0.383 e. The van der Waals surface area contributed by atoms with E-state index in [9.17, 15) is 0 Å². The molecule has 5 rings (SSSR count). The van der Waals surface area contributed by atoms with Crippen LogP contribution >= 0.6 is 0 Å². The molecule has 0 aliphatic heterocycles. The second-order valence-electron chi connectivity index (χ2n) is 6.36. The minimum absolute atomic E-state index is 0.472. The minimum atomic E-state index is 0.472. The molecule has 0 amide bonds. The normalized spacial score (nSPS) is 13.3. The molecule has 0 unspecified atom stereocenters. The van der Waals surface area contributed by atoms with Crippen molar-refractivity contribution in [3.8, 4) is 17.1 Å². The van der Waals surface area contributed by atoms with Crippen LogP contribution in [0.15, 0.2) is 54.9 Å². The summed E-state index contributed by atoms with van der Waals surface area (Å²) in [4.78, 5) is 13.6. The number of fused-ring (bicyclic) bond motifs is 2. The number of hydrogen-bond donors (Lipinski definition) is 1. The maximum Gasteiger partial charge on any atom is 0.164 e. The van der Waals surface area contributed by atoms with E-state index in [1.807, 2.05) is 24.3 Å². The van der Waals surface area contributed by atoms with Crippen molar-refractivity contribution in [2.45, 2.75) is 19.3 Å². The number of aromatic nitrogens is 4. The Morgan fingerprint density at radius 1 is 0.920 bits per heavy atom. The molecule has 1 aliphatic carbocycles. The number of anilines is 1. The number of nitrogen functional groups attached to an aromatic ring is 1. The zero-order chi connectivity index (χ0) is 16.8. The van der Waals surface area contributed by atoms with Gasteiger partial charge in [-0.3, -0.25) is 4.57 Å². The molecule has 5 heteroatoms. The van der Waals surface area contributed by atoms with Crippen molar-refractivity contribution in [2.75, 3.05) is 5.73 Å². The van der Waals surface area contributed by atoms with Gasteiger partial charge in [0, 0.05) is 18.1 Å². The van der Waals surface area contributed by atoms with Crippen molar-refractivity contribution < 1.29 is 0 Å². The molecule has 1 aliphatic rings. The molecule has 0 spiro atoms. The van der Waals surface area contributed by atoms with Gasteiger partial charge in [0.2, 0.25) is 0 Å². The Kier molecular flexibility index (Phi) is 3.06. The van der Waals surface area contributed by atoms with Gasteiger partial charge < -0.3 is 5.73 Å². The van der Waals surface area contributed by atoms with Gasteiger partial charge >= 0.3 is 0 Å². The van der Waals surface area contributed by atoms with Crippen LogP contribution in [-0.2, 0) is 12.8 Å². The number of nitrogens with two attached hydrogens (primary N) is 1. The lowest BCUT2D eigenvalue weighted by Crippen LogP contribution is -2.02. The van der Waals surface area contributed by atoms with E-state index in [1.165, 1.54) is 24.0 Å². The van der Waals surface area contributed by atoms with Crippen molar-refractivity contribution in [1.82, 2.24) is 19.5 Å². The van der Waals surface area contributed by atoms with E-state index in [4.69, 9.17) is 10.7 Å². The number of aryl methyl sites for hydroxylation is 2. The molecule has 0 bridgehead atoms. The van der Waals surface area contributed by atoms with Crippen LogP contribution in [0.5, 0.6) is 0 Å². The molecule has 4 aromatic rings. The molecule has 122 valence electrons. The van der Waals surface area contributed by atoms with Crippen LogP contribution in [0.1, 0.15) is 17.5 Å². The summed E-state index contributed by atoms with van der Waals surface area (Å²) < 4.78 is 2.08.